The number of anilines is 1. The molecule has 1 rings (SSSR count). The van der Waals surface area contributed by atoms with Gasteiger partial charge in [-0.2, -0.15) is 5.10 Å². The minimum Gasteiger partial charge on any atom is -0.488 e. The molecule has 1 aromatic rings. The zero-order chi connectivity index (χ0) is 15.3. The lowest BCUT2D eigenvalue weighted by Crippen LogP contribution is -2.38. The summed E-state index contributed by atoms with van der Waals surface area (Å²) in [6.07, 6.45) is 1.93. The molecule has 0 unspecified atom stereocenters. The van der Waals surface area contributed by atoms with Gasteiger partial charge in [-0.15, -0.1) is 0 Å². The Balaban J connectivity index is 2.28. The van der Waals surface area contributed by atoms with Gasteiger partial charge in [0.25, 0.3) is 0 Å². The van der Waals surface area contributed by atoms with Gasteiger partial charge < -0.3 is 20.5 Å². The molecule has 0 radical (unpaired) electrons. The van der Waals surface area contributed by atoms with Crippen molar-refractivity contribution in [1.29, 1.82) is 0 Å². The van der Waals surface area contributed by atoms with E-state index in [0.717, 1.165) is 0 Å². The Morgan fingerprint density at radius 2 is 2.20 bits per heavy atom. The van der Waals surface area contributed by atoms with Crippen molar-refractivity contribution in [3.05, 3.63) is 6.20 Å². The van der Waals surface area contributed by atoms with Gasteiger partial charge in [0.15, 0.2) is 11.6 Å². The largest absolute Gasteiger partial charge is 0.488 e. The van der Waals surface area contributed by atoms with E-state index >= 15 is 0 Å². The van der Waals surface area contributed by atoms with Crippen molar-refractivity contribution in [2.45, 2.75) is 45.8 Å². The van der Waals surface area contributed by atoms with Crippen LogP contribution in [-0.4, -0.2) is 34.1 Å². The molecule has 1 amide bonds. The molecule has 1 heterocycles. The second-order valence-electron chi connectivity index (χ2n) is 5.74. The maximum atomic E-state index is 11.6. The molecule has 114 valence electrons. The molecule has 0 fully saturated rings. The van der Waals surface area contributed by atoms with Gasteiger partial charge in [-0.3, -0.25) is 4.68 Å². The summed E-state index contributed by atoms with van der Waals surface area (Å²) in [5.41, 5.74) is 5.17. The van der Waals surface area contributed by atoms with Gasteiger partial charge in [0, 0.05) is 19.5 Å². The van der Waals surface area contributed by atoms with E-state index in [4.69, 9.17) is 15.2 Å². The molecule has 0 saturated heterocycles. The first-order valence-electron chi connectivity index (χ1n) is 6.59. The summed E-state index contributed by atoms with van der Waals surface area (Å²) in [5, 5.41) is 6.73. The summed E-state index contributed by atoms with van der Waals surface area (Å²) in [7, 11) is 1.77. The van der Waals surface area contributed by atoms with Crippen LogP contribution in [0.25, 0.3) is 0 Å². The molecule has 1 atom stereocenters. The number of aryl methyl sites for hydroxylation is 1. The zero-order valence-electron chi connectivity index (χ0n) is 12.8. The van der Waals surface area contributed by atoms with Crippen LogP contribution in [-0.2, 0) is 11.8 Å². The first-order chi connectivity index (χ1) is 9.17. The van der Waals surface area contributed by atoms with Crippen LogP contribution >= 0.6 is 0 Å². The Bertz CT molecular complexity index is 451. The second kappa shape index (κ2) is 6.49. The van der Waals surface area contributed by atoms with E-state index < -0.39 is 11.7 Å². The average molecular weight is 284 g/mol. The summed E-state index contributed by atoms with van der Waals surface area (Å²) in [4.78, 5) is 11.6. The van der Waals surface area contributed by atoms with Crippen molar-refractivity contribution in [3.8, 4) is 5.75 Å². The lowest BCUT2D eigenvalue weighted by atomic mass is 10.2. The summed E-state index contributed by atoms with van der Waals surface area (Å²) < 4.78 is 12.3. The normalized spacial score (nSPS) is 12.8. The van der Waals surface area contributed by atoms with E-state index in [-0.39, 0.29) is 6.04 Å². The van der Waals surface area contributed by atoms with Gasteiger partial charge in [0.2, 0.25) is 0 Å². The quantitative estimate of drug-likeness (QED) is 0.858. The Labute approximate surface area is 119 Å². The second-order valence-corrected chi connectivity index (χ2v) is 5.74. The molecule has 0 spiro atoms. The number of nitrogens with one attached hydrogen (secondary N) is 1. The number of ether oxygens (including phenoxy) is 2. The minimum atomic E-state index is -0.496. The average Bonchev–Trinajstić information content (AvgIpc) is 2.54. The molecule has 7 nitrogen and oxygen atoms in total. The maximum Gasteiger partial charge on any atom is 0.407 e. The number of rotatable bonds is 5. The van der Waals surface area contributed by atoms with E-state index in [9.17, 15) is 4.79 Å². The predicted octanol–water partition coefficient (Wildman–Crippen LogP) is 1.68. The number of hydrogen-bond acceptors (Lipinski definition) is 5. The number of nitrogens with two attached hydrogens (primary N) is 1. The third-order valence-corrected chi connectivity index (χ3v) is 2.39. The number of carbonyl (C=O) groups is 1. The highest BCUT2D eigenvalue weighted by molar-refractivity contribution is 5.68. The summed E-state index contributed by atoms with van der Waals surface area (Å²) >= 11 is 0. The Kier molecular flexibility index (Phi) is 5.24. The van der Waals surface area contributed by atoms with Crippen LogP contribution in [0.5, 0.6) is 5.75 Å². The van der Waals surface area contributed by atoms with Crippen molar-refractivity contribution < 1.29 is 14.3 Å². The lowest BCUT2D eigenvalue weighted by Gasteiger charge is -2.21. The predicted molar refractivity (Wildman–Crippen MR) is 76.6 cm³/mol. The van der Waals surface area contributed by atoms with Gasteiger partial charge in [0.05, 0.1) is 12.8 Å². The van der Waals surface area contributed by atoms with Crippen molar-refractivity contribution in [3.63, 3.8) is 0 Å². The van der Waals surface area contributed by atoms with Crippen LogP contribution in [0.3, 0.4) is 0 Å². The lowest BCUT2D eigenvalue weighted by molar-refractivity contribution is 0.0503. The topological polar surface area (TPSA) is 91.4 Å². The van der Waals surface area contributed by atoms with E-state index in [2.05, 4.69) is 10.4 Å². The molecule has 0 saturated carbocycles. The number of aromatic nitrogens is 2. The Hall–Kier alpha value is -1.92. The number of hydrogen-bond donors (Lipinski definition) is 2. The summed E-state index contributed by atoms with van der Waals surface area (Å²) in [6.45, 7) is 7.80. The van der Waals surface area contributed by atoms with Gasteiger partial charge in [-0.05, 0) is 27.7 Å². The molecule has 0 aliphatic rings. The van der Waals surface area contributed by atoms with Crippen LogP contribution in [0.15, 0.2) is 6.20 Å². The van der Waals surface area contributed by atoms with Crippen LogP contribution in [0, 0.1) is 0 Å². The van der Waals surface area contributed by atoms with Crippen molar-refractivity contribution in [2.75, 3.05) is 12.3 Å². The summed E-state index contributed by atoms with van der Waals surface area (Å²) in [5.74, 6) is 0.914. The van der Waals surface area contributed by atoms with Crippen LogP contribution in [0.4, 0.5) is 10.6 Å². The van der Waals surface area contributed by atoms with E-state index in [1.165, 1.54) is 0 Å². The van der Waals surface area contributed by atoms with Crippen molar-refractivity contribution >= 4 is 11.9 Å². The van der Waals surface area contributed by atoms with Crippen LogP contribution in [0.2, 0.25) is 0 Å². The number of nitrogens with zero attached hydrogens (tertiary/aromatic N) is 2. The van der Waals surface area contributed by atoms with Crippen LogP contribution in [0.1, 0.15) is 34.1 Å². The maximum absolute atomic E-state index is 11.6. The van der Waals surface area contributed by atoms with Gasteiger partial charge in [-0.1, -0.05) is 0 Å². The molecule has 0 aliphatic heterocycles. The highest BCUT2D eigenvalue weighted by Gasteiger charge is 2.17. The molecule has 3 N–H and O–H groups in total. The molecular weight excluding hydrogens is 260 g/mol. The van der Waals surface area contributed by atoms with Crippen molar-refractivity contribution in [2.24, 2.45) is 7.05 Å². The third kappa shape index (κ3) is 5.81. The molecular formula is C13H24N4O3. The Morgan fingerprint density at radius 3 is 2.70 bits per heavy atom. The van der Waals surface area contributed by atoms with E-state index in [0.29, 0.717) is 24.6 Å². The number of nitrogen functional groups attached to an aromatic ring is 1. The van der Waals surface area contributed by atoms with Crippen LogP contribution < -0.4 is 15.8 Å². The summed E-state index contributed by atoms with van der Waals surface area (Å²) in [6, 6.07) is -0.0530. The highest BCUT2D eigenvalue weighted by Crippen LogP contribution is 2.18. The first kappa shape index (κ1) is 16.1. The zero-order valence-corrected chi connectivity index (χ0v) is 12.8. The first-order valence-corrected chi connectivity index (χ1v) is 6.59. The van der Waals surface area contributed by atoms with Gasteiger partial charge in [0.1, 0.15) is 5.60 Å². The molecule has 1 aromatic heterocycles. The van der Waals surface area contributed by atoms with Gasteiger partial charge in [-0.25, -0.2) is 4.79 Å². The van der Waals surface area contributed by atoms with Crippen molar-refractivity contribution in [1.82, 2.24) is 15.1 Å². The van der Waals surface area contributed by atoms with E-state index in [1.807, 2.05) is 27.7 Å². The standard InChI is InChI=1S/C13H24N4O3/c1-9(15-12(18)20-13(2,3)4)6-7-19-10-8-17(5)16-11(10)14/h8-9H,6-7H2,1-5H3,(H2,14,16)(H,15,18)/t9-/m1/s1. The fourth-order valence-corrected chi connectivity index (χ4v) is 1.52. The van der Waals surface area contributed by atoms with E-state index in [1.54, 1.807) is 17.9 Å². The monoisotopic (exact) mass is 284 g/mol. The molecule has 20 heavy (non-hydrogen) atoms. The number of alkyl carbamates (subject to hydrolysis) is 1. The SMILES string of the molecule is C[C@H](CCOc1cn(C)nc1N)NC(=O)OC(C)(C)C. The minimum absolute atomic E-state index is 0.0530. The molecule has 0 aromatic carbocycles. The smallest absolute Gasteiger partial charge is 0.407 e. The molecule has 0 aliphatic carbocycles. The molecule has 7 heteroatoms. The van der Waals surface area contributed by atoms with Gasteiger partial charge >= 0.3 is 6.09 Å². The fourth-order valence-electron chi connectivity index (χ4n) is 1.52. The molecule has 0 bridgehead atoms. The number of carbonyl (C=O) groups excluding carboxylic acids is 1. The Morgan fingerprint density at radius 1 is 1.55 bits per heavy atom. The highest BCUT2D eigenvalue weighted by atomic mass is 16.6. The fraction of sp³-hybridized carbons (Fsp3) is 0.692. The number of amides is 1. The third-order valence-electron chi connectivity index (χ3n) is 2.39.